The van der Waals surface area contributed by atoms with Crippen molar-refractivity contribution < 1.29 is 9.94 Å². The van der Waals surface area contributed by atoms with E-state index in [9.17, 15) is 0 Å². The molecule has 18 heavy (non-hydrogen) atoms. The van der Waals surface area contributed by atoms with Crippen LogP contribution in [0, 0.1) is 11.3 Å². The number of benzene rings is 1. The topological polar surface area (TPSA) is 65.6 Å². The van der Waals surface area contributed by atoms with Crippen LogP contribution in [0.25, 0.3) is 0 Å². The molecule has 0 unspecified atom stereocenters. The van der Waals surface area contributed by atoms with E-state index in [1.165, 1.54) is 0 Å². The SMILES string of the molecule is N#Cc1ccc(COC2CCC(=NO)CC2)cc1. The quantitative estimate of drug-likeness (QED) is 0.656. The van der Waals surface area contributed by atoms with Gasteiger partial charge in [0.15, 0.2) is 0 Å². The predicted octanol–water partition coefficient (Wildman–Crippen LogP) is 2.85. The zero-order valence-electron chi connectivity index (χ0n) is 10.2. The molecule has 0 aromatic heterocycles. The van der Waals surface area contributed by atoms with Crippen molar-refractivity contribution in [3.05, 3.63) is 35.4 Å². The molecule has 1 fully saturated rings. The number of ether oxygens (including phenoxy) is 1. The average molecular weight is 244 g/mol. The van der Waals surface area contributed by atoms with E-state index >= 15 is 0 Å². The van der Waals surface area contributed by atoms with Gasteiger partial charge in [0.1, 0.15) is 0 Å². The Kier molecular flexibility index (Phi) is 4.32. The van der Waals surface area contributed by atoms with Crippen LogP contribution in [0.5, 0.6) is 0 Å². The molecule has 0 saturated heterocycles. The van der Waals surface area contributed by atoms with Crippen molar-refractivity contribution in [2.45, 2.75) is 38.4 Å². The van der Waals surface area contributed by atoms with E-state index in [2.05, 4.69) is 11.2 Å². The van der Waals surface area contributed by atoms with Gasteiger partial charge in [-0.25, -0.2) is 0 Å². The van der Waals surface area contributed by atoms with Crippen LogP contribution >= 0.6 is 0 Å². The fourth-order valence-corrected chi connectivity index (χ4v) is 2.08. The highest BCUT2D eigenvalue weighted by atomic mass is 16.5. The van der Waals surface area contributed by atoms with E-state index in [0.29, 0.717) is 12.2 Å². The molecule has 1 saturated carbocycles. The molecular weight excluding hydrogens is 228 g/mol. The molecule has 1 aromatic carbocycles. The number of nitriles is 1. The summed E-state index contributed by atoms with van der Waals surface area (Å²) in [6, 6.07) is 9.53. The maximum absolute atomic E-state index is 8.70. The summed E-state index contributed by atoms with van der Waals surface area (Å²) in [5.41, 5.74) is 2.61. The summed E-state index contributed by atoms with van der Waals surface area (Å²) in [7, 11) is 0. The Morgan fingerprint density at radius 3 is 2.50 bits per heavy atom. The van der Waals surface area contributed by atoms with E-state index in [4.69, 9.17) is 15.2 Å². The number of nitrogens with zero attached hydrogens (tertiary/aromatic N) is 2. The van der Waals surface area contributed by atoms with Gasteiger partial charge in [0.05, 0.1) is 30.1 Å². The molecule has 94 valence electrons. The summed E-state index contributed by atoms with van der Waals surface area (Å²) >= 11 is 0. The Hall–Kier alpha value is -1.86. The minimum atomic E-state index is 0.242. The van der Waals surface area contributed by atoms with Gasteiger partial charge in [-0.15, -0.1) is 0 Å². The van der Waals surface area contributed by atoms with Gasteiger partial charge in [0.2, 0.25) is 0 Å². The molecule has 0 heterocycles. The summed E-state index contributed by atoms with van der Waals surface area (Å²) in [5.74, 6) is 0. The van der Waals surface area contributed by atoms with E-state index in [0.717, 1.165) is 37.0 Å². The largest absolute Gasteiger partial charge is 0.411 e. The number of hydrogen-bond donors (Lipinski definition) is 1. The molecule has 0 aliphatic heterocycles. The fraction of sp³-hybridized carbons (Fsp3) is 0.429. The second kappa shape index (κ2) is 6.18. The maximum atomic E-state index is 8.70. The monoisotopic (exact) mass is 244 g/mol. The smallest absolute Gasteiger partial charge is 0.0991 e. The van der Waals surface area contributed by atoms with Crippen molar-refractivity contribution in [2.75, 3.05) is 0 Å². The third-order valence-electron chi connectivity index (χ3n) is 3.22. The van der Waals surface area contributed by atoms with Crippen molar-refractivity contribution in [1.29, 1.82) is 5.26 Å². The normalized spacial score (nSPS) is 19.3. The molecular formula is C14H16N2O2. The Morgan fingerprint density at radius 2 is 1.94 bits per heavy atom. The number of rotatable bonds is 3. The van der Waals surface area contributed by atoms with Gasteiger partial charge in [-0.3, -0.25) is 0 Å². The number of oxime groups is 1. The van der Waals surface area contributed by atoms with Crippen LogP contribution in [-0.4, -0.2) is 17.0 Å². The first-order chi connectivity index (χ1) is 8.81. The fourth-order valence-electron chi connectivity index (χ4n) is 2.08. The highest BCUT2D eigenvalue weighted by molar-refractivity contribution is 5.84. The number of hydrogen-bond acceptors (Lipinski definition) is 4. The third-order valence-corrected chi connectivity index (χ3v) is 3.22. The van der Waals surface area contributed by atoms with Gasteiger partial charge < -0.3 is 9.94 Å². The molecule has 0 radical (unpaired) electrons. The molecule has 0 atom stereocenters. The molecule has 4 heteroatoms. The van der Waals surface area contributed by atoms with Crippen LogP contribution in [0.1, 0.15) is 36.8 Å². The summed E-state index contributed by atoms with van der Waals surface area (Å²) in [4.78, 5) is 0. The van der Waals surface area contributed by atoms with Crippen LogP contribution in [0.2, 0.25) is 0 Å². The zero-order chi connectivity index (χ0) is 12.8. The van der Waals surface area contributed by atoms with Crippen LogP contribution in [0.15, 0.2) is 29.4 Å². The van der Waals surface area contributed by atoms with Crippen LogP contribution in [0.3, 0.4) is 0 Å². The predicted molar refractivity (Wildman–Crippen MR) is 67.4 cm³/mol. The van der Waals surface area contributed by atoms with Gasteiger partial charge in [-0.1, -0.05) is 17.3 Å². The standard InChI is InChI=1S/C14H16N2O2/c15-9-11-1-3-12(4-2-11)10-18-14-7-5-13(16-17)6-8-14/h1-4,14,17H,5-8,10H2. The van der Waals surface area contributed by atoms with Gasteiger partial charge in [-0.05, 0) is 43.4 Å². The second-order valence-corrected chi connectivity index (χ2v) is 4.49. The Balaban J connectivity index is 1.80. The first kappa shape index (κ1) is 12.6. The lowest BCUT2D eigenvalue weighted by Gasteiger charge is -2.22. The Labute approximate surface area is 106 Å². The van der Waals surface area contributed by atoms with E-state index in [1.54, 1.807) is 12.1 Å². The van der Waals surface area contributed by atoms with Crippen molar-refractivity contribution in [3.8, 4) is 6.07 Å². The van der Waals surface area contributed by atoms with Crippen molar-refractivity contribution in [3.63, 3.8) is 0 Å². The van der Waals surface area contributed by atoms with Crippen molar-refractivity contribution in [1.82, 2.24) is 0 Å². The van der Waals surface area contributed by atoms with Gasteiger partial charge in [0.25, 0.3) is 0 Å². The van der Waals surface area contributed by atoms with Crippen LogP contribution < -0.4 is 0 Å². The minimum Gasteiger partial charge on any atom is -0.411 e. The lowest BCUT2D eigenvalue weighted by atomic mass is 9.96. The summed E-state index contributed by atoms with van der Waals surface area (Å²) < 4.78 is 5.82. The zero-order valence-corrected chi connectivity index (χ0v) is 10.2. The Morgan fingerprint density at radius 1 is 1.28 bits per heavy atom. The van der Waals surface area contributed by atoms with Gasteiger partial charge >= 0.3 is 0 Å². The van der Waals surface area contributed by atoms with E-state index < -0.39 is 0 Å². The maximum Gasteiger partial charge on any atom is 0.0991 e. The summed E-state index contributed by atoms with van der Waals surface area (Å²) in [5, 5.41) is 20.6. The molecule has 0 spiro atoms. The Bertz CT molecular complexity index is 450. The van der Waals surface area contributed by atoms with Crippen molar-refractivity contribution in [2.24, 2.45) is 5.16 Å². The molecule has 2 rings (SSSR count). The molecule has 4 nitrogen and oxygen atoms in total. The molecule has 0 amide bonds. The van der Waals surface area contributed by atoms with Crippen molar-refractivity contribution >= 4 is 5.71 Å². The molecule has 1 aliphatic carbocycles. The average Bonchev–Trinajstić information content (AvgIpc) is 2.46. The highest BCUT2D eigenvalue weighted by Crippen LogP contribution is 2.20. The first-order valence-corrected chi connectivity index (χ1v) is 6.12. The van der Waals surface area contributed by atoms with E-state index in [1.807, 2.05) is 12.1 Å². The molecule has 0 bridgehead atoms. The summed E-state index contributed by atoms with van der Waals surface area (Å²) in [6.07, 6.45) is 3.69. The molecule has 1 aliphatic rings. The first-order valence-electron chi connectivity index (χ1n) is 6.12. The van der Waals surface area contributed by atoms with Gasteiger partial charge in [0, 0.05) is 0 Å². The van der Waals surface area contributed by atoms with Crippen LogP contribution in [0.4, 0.5) is 0 Å². The van der Waals surface area contributed by atoms with Gasteiger partial charge in [-0.2, -0.15) is 5.26 Å². The lowest BCUT2D eigenvalue weighted by Crippen LogP contribution is -2.21. The molecule has 1 N–H and O–H groups in total. The highest BCUT2D eigenvalue weighted by Gasteiger charge is 2.18. The summed E-state index contributed by atoms with van der Waals surface area (Å²) in [6.45, 7) is 0.571. The van der Waals surface area contributed by atoms with E-state index in [-0.39, 0.29) is 6.10 Å². The second-order valence-electron chi connectivity index (χ2n) is 4.49. The van der Waals surface area contributed by atoms with Crippen LogP contribution in [-0.2, 0) is 11.3 Å². The molecule has 1 aromatic rings. The third kappa shape index (κ3) is 3.31. The minimum absolute atomic E-state index is 0.242. The lowest BCUT2D eigenvalue weighted by molar-refractivity contribution is 0.0277.